The first-order valence-electron chi connectivity index (χ1n) is 8.01. The quantitative estimate of drug-likeness (QED) is 0.678. The van der Waals surface area contributed by atoms with Gasteiger partial charge in [0.2, 0.25) is 0 Å². The van der Waals surface area contributed by atoms with E-state index in [2.05, 4.69) is 4.90 Å². The van der Waals surface area contributed by atoms with Gasteiger partial charge in [-0.15, -0.1) is 0 Å². The number of nitrogen functional groups attached to an aromatic ring is 1. The summed E-state index contributed by atoms with van der Waals surface area (Å²) < 4.78 is 0. The van der Waals surface area contributed by atoms with Gasteiger partial charge in [0.1, 0.15) is 0 Å². The zero-order valence-corrected chi connectivity index (χ0v) is 14.0. The molecule has 0 spiro atoms. The van der Waals surface area contributed by atoms with Crippen LogP contribution in [0.4, 0.5) is 11.4 Å². The van der Waals surface area contributed by atoms with Crippen molar-refractivity contribution in [3.63, 3.8) is 0 Å². The molecule has 2 aromatic rings. The van der Waals surface area contributed by atoms with Gasteiger partial charge in [0.15, 0.2) is 0 Å². The average Bonchev–Trinajstić information content (AvgIpc) is 2.82. The average molecular weight is 323 g/mol. The lowest BCUT2D eigenvalue weighted by atomic mass is 10.1. The highest BCUT2D eigenvalue weighted by Crippen LogP contribution is 2.23. The molecule has 5 nitrogen and oxygen atoms in total. The van der Waals surface area contributed by atoms with Crippen LogP contribution in [0.15, 0.2) is 42.5 Å². The van der Waals surface area contributed by atoms with Crippen molar-refractivity contribution in [3.05, 3.63) is 59.2 Å². The van der Waals surface area contributed by atoms with E-state index in [4.69, 9.17) is 5.73 Å². The zero-order chi connectivity index (χ0) is 17.3. The maximum atomic E-state index is 12.3. The summed E-state index contributed by atoms with van der Waals surface area (Å²) in [6.45, 7) is 3.15. The molecule has 3 rings (SSSR count). The molecule has 0 saturated carbocycles. The van der Waals surface area contributed by atoms with Crippen LogP contribution in [0, 0.1) is 6.92 Å². The Labute approximate surface area is 141 Å². The van der Waals surface area contributed by atoms with E-state index in [1.54, 1.807) is 24.3 Å². The second-order valence-electron chi connectivity index (χ2n) is 6.12. The van der Waals surface area contributed by atoms with Crippen molar-refractivity contribution in [2.45, 2.75) is 13.3 Å². The first kappa shape index (κ1) is 16.1. The lowest BCUT2D eigenvalue weighted by Gasteiger charge is -2.22. The summed E-state index contributed by atoms with van der Waals surface area (Å²) in [5, 5.41) is 0. The molecule has 1 aliphatic heterocycles. The number of imide groups is 1. The van der Waals surface area contributed by atoms with E-state index in [1.807, 2.05) is 32.2 Å². The number of fused-ring (bicyclic) bond motifs is 1. The van der Waals surface area contributed by atoms with Gasteiger partial charge in [0.25, 0.3) is 11.8 Å². The third kappa shape index (κ3) is 2.85. The van der Waals surface area contributed by atoms with Crippen LogP contribution >= 0.6 is 0 Å². The van der Waals surface area contributed by atoms with E-state index >= 15 is 0 Å². The molecular formula is C19H21N3O2. The molecule has 0 radical (unpaired) electrons. The third-order valence-corrected chi connectivity index (χ3v) is 4.45. The van der Waals surface area contributed by atoms with Crippen molar-refractivity contribution in [2.75, 3.05) is 30.8 Å². The number of aryl methyl sites for hydroxylation is 1. The van der Waals surface area contributed by atoms with Gasteiger partial charge >= 0.3 is 0 Å². The molecule has 24 heavy (non-hydrogen) atoms. The molecule has 1 aliphatic rings. The molecular weight excluding hydrogens is 302 g/mol. The van der Waals surface area contributed by atoms with Gasteiger partial charge in [0, 0.05) is 31.5 Å². The Hall–Kier alpha value is -2.82. The molecule has 0 saturated heterocycles. The first-order valence-corrected chi connectivity index (χ1v) is 8.01. The molecule has 0 fully saturated rings. The van der Waals surface area contributed by atoms with Crippen molar-refractivity contribution in [3.8, 4) is 0 Å². The summed E-state index contributed by atoms with van der Waals surface area (Å²) in [4.78, 5) is 28.1. The van der Waals surface area contributed by atoms with Crippen LogP contribution in [0.2, 0.25) is 0 Å². The fraction of sp³-hybridized carbons (Fsp3) is 0.263. The highest BCUT2D eigenvalue weighted by Gasteiger charge is 2.34. The predicted octanol–water partition coefficient (Wildman–Crippen LogP) is 2.70. The summed E-state index contributed by atoms with van der Waals surface area (Å²) in [6.07, 6.45) is 0.714. The highest BCUT2D eigenvalue weighted by atomic mass is 16.2. The van der Waals surface area contributed by atoms with E-state index in [1.165, 1.54) is 4.90 Å². The summed E-state index contributed by atoms with van der Waals surface area (Å²) in [6, 6.07) is 12.9. The molecule has 0 aliphatic carbocycles. The van der Waals surface area contributed by atoms with Gasteiger partial charge < -0.3 is 10.6 Å². The Morgan fingerprint density at radius 2 is 1.67 bits per heavy atom. The number of hydrogen-bond donors (Lipinski definition) is 1. The van der Waals surface area contributed by atoms with Crippen LogP contribution in [0.3, 0.4) is 0 Å². The van der Waals surface area contributed by atoms with Gasteiger partial charge in [-0.1, -0.05) is 12.1 Å². The number of hydrogen-bond acceptors (Lipinski definition) is 4. The minimum Gasteiger partial charge on any atom is -0.399 e. The molecule has 5 heteroatoms. The Balaban J connectivity index is 1.60. The largest absolute Gasteiger partial charge is 0.399 e. The van der Waals surface area contributed by atoms with E-state index in [-0.39, 0.29) is 11.8 Å². The Bertz CT molecular complexity index is 766. The predicted molar refractivity (Wildman–Crippen MR) is 95.3 cm³/mol. The summed E-state index contributed by atoms with van der Waals surface area (Å²) >= 11 is 0. The first-order chi connectivity index (χ1) is 11.5. The van der Waals surface area contributed by atoms with Crippen molar-refractivity contribution in [1.82, 2.24) is 4.90 Å². The molecule has 2 amide bonds. The molecule has 2 aromatic carbocycles. The lowest BCUT2D eigenvalue weighted by Crippen LogP contribution is -2.32. The van der Waals surface area contributed by atoms with E-state index < -0.39 is 0 Å². The van der Waals surface area contributed by atoms with Crippen LogP contribution in [0.1, 0.15) is 32.7 Å². The van der Waals surface area contributed by atoms with Crippen LogP contribution in [-0.2, 0) is 0 Å². The van der Waals surface area contributed by atoms with Crippen molar-refractivity contribution >= 4 is 23.2 Å². The standard InChI is InChI=1S/C19H21N3O2/c1-13-12-14(8-9-17(13)20)21(2)10-5-11-22-18(23)15-6-3-4-7-16(15)19(22)24/h3-4,6-9,12H,5,10-11,20H2,1-2H3. The van der Waals surface area contributed by atoms with Crippen LogP contribution in [0.25, 0.3) is 0 Å². The molecule has 2 N–H and O–H groups in total. The molecule has 0 aromatic heterocycles. The van der Waals surface area contributed by atoms with Crippen LogP contribution in [0.5, 0.6) is 0 Å². The molecule has 1 heterocycles. The van der Waals surface area contributed by atoms with Crippen molar-refractivity contribution < 1.29 is 9.59 Å². The van der Waals surface area contributed by atoms with Gasteiger partial charge in [-0.3, -0.25) is 14.5 Å². The summed E-state index contributed by atoms with van der Waals surface area (Å²) in [7, 11) is 1.99. The van der Waals surface area contributed by atoms with E-state index in [0.29, 0.717) is 24.1 Å². The fourth-order valence-electron chi connectivity index (χ4n) is 2.93. The second-order valence-corrected chi connectivity index (χ2v) is 6.12. The number of nitrogens with zero attached hydrogens (tertiary/aromatic N) is 2. The van der Waals surface area contributed by atoms with E-state index in [9.17, 15) is 9.59 Å². The Morgan fingerprint density at radius 3 is 2.25 bits per heavy atom. The van der Waals surface area contributed by atoms with Gasteiger partial charge in [0.05, 0.1) is 11.1 Å². The normalized spacial score (nSPS) is 13.3. The van der Waals surface area contributed by atoms with Crippen molar-refractivity contribution in [2.24, 2.45) is 0 Å². The number of rotatable bonds is 5. The van der Waals surface area contributed by atoms with E-state index in [0.717, 1.165) is 23.5 Å². The molecule has 0 atom stereocenters. The summed E-state index contributed by atoms with van der Waals surface area (Å²) in [5.74, 6) is -0.386. The highest BCUT2D eigenvalue weighted by molar-refractivity contribution is 6.21. The second kappa shape index (κ2) is 6.35. The lowest BCUT2D eigenvalue weighted by molar-refractivity contribution is 0.0653. The zero-order valence-electron chi connectivity index (χ0n) is 14.0. The van der Waals surface area contributed by atoms with Crippen molar-refractivity contribution in [1.29, 1.82) is 0 Å². The number of nitrogens with two attached hydrogens (primary N) is 1. The molecule has 0 unspecified atom stereocenters. The maximum absolute atomic E-state index is 12.3. The molecule has 124 valence electrons. The van der Waals surface area contributed by atoms with Crippen LogP contribution in [-0.4, -0.2) is 36.9 Å². The smallest absolute Gasteiger partial charge is 0.261 e. The Kier molecular flexibility index (Phi) is 4.25. The number of anilines is 2. The topological polar surface area (TPSA) is 66.6 Å². The van der Waals surface area contributed by atoms with Crippen LogP contribution < -0.4 is 10.6 Å². The third-order valence-electron chi connectivity index (χ3n) is 4.45. The summed E-state index contributed by atoms with van der Waals surface area (Å²) in [5.41, 5.74) is 9.74. The Morgan fingerprint density at radius 1 is 1.04 bits per heavy atom. The maximum Gasteiger partial charge on any atom is 0.261 e. The monoisotopic (exact) mass is 323 g/mol. The number of carbonyl (C=O) groups is 2. The van der Waals surface area contributed by atoms with Gasteiger partial charge in [-0.25, -0.2) is 0 Å². The van der Waals surface area contributed by atoms with Gasteiger partial charge in [-0.05, 0) is 49.2 Å². The SMILES string of the molecule is Cc1cc(N(C)CCCN2C(=O)c3ccccc3C2=O)ccc1N. The fourth-order valence-corrected chi connectivity index (χ4v) is 2.93. The minimum absolute atomic E-state index is 0.193. The van der Waals surface area contributed by atoms with Gasteiger partial charge in [-0.2, -0.15) is 0 Å². The number of amides is 2. The molecule has 0 bridgehead atoms. The number of carbonyl (C=O) groups excluding carboxylic acids is 2. The number of benzene rings is 2. The minimum atomic E-state index is -0.193.